The van der Waals surface area contributed by atoms with Gasteiger partial charge in [0.1, 0.15) is 0 Å². The lowest BCUT2D eigenvalue weighted by Gasteiger charge is -2.18. The van der Waals surface area contributed by atoms with E-state index in [2.05, 4.69) is 20.8 Å². The molecule has 2 atom stereocenters. The van der Waals surface area contributed by atoms with Gasteiger partial charge < -0.3 is 19.7 Å². The zero-order valence-corrected chi connectivity index (χ0v) is 26.9. The van der Waals surface area contributed by atoms with Gasteiger partial charge in [-0.05, 0) is 79.8 Å². The third kappa shape index (κ3) is 13.4. The van der Waals surface area contributed by atoms with Gasteiger partial charge in [0.25, 0.3) is 0 Å². The van der Waals surface area contributed by atoms with E-state index in [9.17, 15) is 29.4 Å². The number of benzene rings is 2. The molecule has 0 heterocycles. The van der Waals surface area contributed by atoms with Gasteiger partial charge in [-0.25, -0.2) is 0 Å². The number of unbranched alkanes of at least 4 members (excludes halogenated alkanes) is 3. The van der Waals surface area contributed by atoms with Crippen molar-refractivity contribution in [3.8, 4) is 11.5 Å². The van der Waals surface area contributed by atoms with Crippen LogP contribution < -0.4 is 9.47 Å². The van der Waals surface area contributed by atoms with Gasteiger partial charge in [0.05, 0.1) is 11.8 Å². The maximum atomic E-state index is 11.5. The lowest BCUT2D eigenvalue weighted by molar-refractivity contribution is -0.140. The molecule has 0 fully saturated rings. The van der Waals surface area contributed by atoms with Crippen molar-refractivity contribution in [2.45, 2.75) is 118 Å². The van der Waals surface area contributed by atoms with Crippen molar-refractivity contribution in [2.24, 2.45) is 5.92 Å². The normalized spacial score (nSPS) is 12.1. The maximum absolute atomic E-state index is 11.5. The summed E-state index contributed by atoms with van der Waals surface area (Å²) in [6.45, 7) is 13.1. The first-order chi connectivity index (χ1) is 20.3. The Balaban J connectivity index is 0.000000430. The fourth-order valence-electron chi connectivity index (χ4n) is 4.29. The SMILES string of the molecule is CCC(=O)Oc1ccc(CCC(C)C)cc1OC(=O)CC.CCCCCCc1ccc(C(C)C(=O)O)c(C(C)C(=O)O)c1. The first kappa shape index (κ1) is 37.3. The number of aliphatic carboxylic acids is 2. The number of rotatable bonds is 16. The van der Waals surface area contributed by atoms with Crippen molar-refractivity contribution < 1.29 is 38.9 Å². The van der Waals surface area contributed by atoms with E-state index < -0.39 is 23.8 Å². The van der Waals surface area contributed by atoms with E-state index in [1.165, 1.54) is 12.8 Å². The summed E-state index contributed by atoms with van der Waals surface area (Å²) in [4.78, 5) is 45.5. The van der Waals surface area contributed by atoms with E-state index in [-0.39, 0.29) is 24.8 Å². The highest BCUT2D eigenvalue weighted by Gasteiger charge is 2.24. The van der Waals surface area contributed by atoms with Crippen molar-refractivity contribution >= 4 is 23.9 Å². The van der Waals surface area contributed by atoms with Crippen molar-refractivity contribution in [2.75, 3.05) is 0 Å². The smallest absolute Gasteiger partial charge is 0.311 e. The Kier molecular flexibility index (Phi) is 16.9. The second kappa shape index (κ2) is 19.5. The van der Waals surface area contributed by atoms with E-state index in [1.807, 2.05) is 18.2 Å². The van der Waals surface area contributed by atoms with Gasteiger partial charge in [0.2, 0.25) is 0 Å². The highest BCUT2D eigenvalue weighted by molar-refractivity contribution is 5.80. The predicted octanol–water partition coefficient (Wildman–Crippen LogP) is 8.09. The van der Waals surface area contributed by atoms with Crippen LogP contribution in [0.3, 0.4) is 0 Å². The van der Waals surface area contributed by atoms with Gasteiger partial charge in [-0.15, -0.1) is 0 Å². The van der Waals surface area contributed by atoms with Crippen molar-refractivity contribution in [3.63, 3.8) is 0 Å². The van der Waals surface area contributed by atoms with E-state index in [4.69, 9.17) is 9.47 Å². The molecular formula is C35H50O8. The van der Waals surface area contributed by atoms with Gasteiger partial charge >= 0.3 is 23.9 Å². The van der Waals surface area contributed by atoms with Crippen LogP contribution in [-0.4, -0.2) is 34.1 Å². The molecular weight excluding hydrogens is 548 g/mol. The molecule has 43 heavy (non-hydrogen) atoms. The van der Waals surface area contributed by atoms with E-state index in [0.717, 1.165) is 43.2 Å². The first-order valence-electron chi connectivity index (χ1n) is 15.5. The number of esters is 2. The van der Waals surface area contributed by atoms with Gasteiger partial charge in [-0.3, -0.25) is 19.2 Å². The third-order valence-corrected chi connectivity index (χ3v) is 7.19. The predicted molar refractivity (Wildman–Crippen MR) is 168 cm³/mol. The molecule has 0 aliphatic rings. The Morgan fingerprint density at radius 1 is 0.651 bits per heavy atom. The van der Waals surface area contributed by atoms with Gasteiger partial charge in [-0.1, -0.05) is 78.1 Å². The van der Waals surface area contributed by atoms with Crippen LogP contribution in [0.15, 0.2) is 36.4 Å². The van der Waals surface area contributed by atoms with Crippen LogP contribution in [0.2, 0.25) is 0 Å². The zero-order valence-electron chi connectivity index (χ0n) is 26.9. The monoisotopic (exact) mass is 598 g/mol. The van der Waals surface area contributed by atoms with Crippen LogP contribution >= 0.6 is 0 Å². The number of carbonyl (C=O) groups is 4. The van der Waals surface area contributed by atoms with Crippen LogP contribution in [0.4, 0.5) is 0 Å². The topological polar surface area (TPSA) is 127 Å². The van der Waals surface area contributed by atoms with Crippen molar-refractivity contribution in [1.29, 1.82) is 0 Å². The Morgan fingerprint density at radius 3 is 1.72 bits per heavy atom. The molecule has 0 saturated carbocycles. The molecule has 2 aromatic carbocycles. The highest BCUT2D eigenvalue weighted by atomic mass is 16.6. The molecule has 2 unspecified atom stereocenters. The zero-order chi connectivity index (χ0) is 32.5. The molecule has 2 rings (SSSR count). The number of ether oxygens (including phenoxy) is 2. The van der Waals surface area contributed by atoms with E-state index in [1.54, 1.807) is 45.9 Å². The molecule has 0 amide bonds. The molecule has 0 radical (unpaired) electrons. The maximum Gasteiger partial charge on any atom is 0.311 e. The van der Waals surface area contributed by atoms with Crippen LogP contribution in [0, 0.1) is 5.92 Å². The minimum absolute atomic E-state index is 0.274. The molecule has 238 valence electrons. The molecule has 0 aliphatic carbocycles. The number of hydrogen-bond acceptors (Lipinski definition) is 6. The van der Waals surface area contributed by atoms with E-state index >= 15 is 0 Å². The summed E-state index contributed by atoms with van der Waals surface area (Å²) in [6, 6.07) is 11.0. The standard InChI is InChI=1S/C18H26O4.C17H24O4/c1-4-5-6-7-8-14-9-10-15(12(2)17(19)20)16(11-14)13(3)18(21)22;1-5-16(18)20-14-10-9-13(8-7-12(3)4)11-15(14)21-17(19)6-2/h9-13H,4-8H2,1-3H3,(H,19,20)(H,21,22);9-12H,5-8H2,1-4H3. The van der Waals surface area contributed by atoms with Gasteiger partial charge in [0, 0.05) is 12.8 Å². The molecule has 0 bridgehead atoms. The molecule has 0 spiro atoms. The Labute approximate surface area is 256 Å². The quantitative estimate of drug-likeness (QED) is 0.113. The Morgan fingerprint density at radius 2 is 1.19 bits per heavy atom. The summed E-state index contributed by atoms with van der Waals surface area (Å²) in [5, 5.41) is 18.5. The molecule has 2 N–H and O–H groups in total. The third-order valence-electron chi connectivity index (χ3n) is 7.19. The number of carbonyl (C=O) groups excluding carboxylic acids is 2. The van der Waals surface area contributed by atoms with Gasteiger partial charge in [-0.2, -0.15) is 0 Å². The summed E-state index contributed by atoms with van der Waals surface area (Å²) in [5.41, 5.74) is 3.37. The van der Waals surface area contributed by atoms with Crippen LogP contribution in [0.5, 0.6) is 11.5 Å². The summed E-state index contributed by atoms with van der Waals surface area (Å²) in [5.74, 6) is -2.73. The lowest BCUT2D eigenvalue weighted by atomic mass is 9.87. The van der Waals surface area contributed by atoms with Crippen molar-refractivity contribution in [3.05, 3.63) is 58.7 Å². The summed E-state index contributed by atoms with van der Waals surface area (Å²) < 4.78 is 10.5. The van der Waals surface area contributed by atoms with Crippen LogP contribution in [0.25, 0.3) is 0 Å². The first-order valence-corrected chi connectivity index (χ1v) is 15.5. The minimum Gasteiger partial charge on any atom is -0.481 e. The minimum atomic E-state index is -0.936. The fraction of sp³-hybridized carbons (Fsp3) is 0.543. The number of hydrogen-bond donors (Lipinski definition) is 2. The fourth-order valence-corrected chi connectivity index (χ4v) is 4.29. The van der Waals surface area contributed by atoms with Crippen LogP contribution in [-0.2, 0) is 32.0 Å². The summed E-state index contributed by atoms with van der Waals surface area (Å²) >= 11 is 0. The van der Waals surface area contributed by atoms with Crippen molar-refractivity contribution in [1.82, 2.24) is 0 Å². The number of carboxylic acid groups (broad SMARTS) is 2. The molecule has 8 nitrogen and oxygen atoms in total. The molecule has 2 aromatic rings. The molecule has 0 aliphatic heterocycles. The summed E-state index contributed by atoms with van der Waals surface area (Å²) in [7, 11) is 0. The number of aryl methyl sites for hydroxylation is 2. The van der Waals surface area contributed by atoms with Crippen LogP contribution in [0.1, 0.15) is 128 Å². The Hall–Kier alpha value is -3.68. The average molecular weight is 599 g/mol. The largest absolute Gasteiger partial charge is 0.481 e. The molecule has 8 heteroatoms. The lowest BCUT2D eigenvalue weighted by Crippen LogP contribution is -2.15. The second-order valence-corrected chi connectivity index (χ2v) is 11.3. The highest BCUT2D eigenvalue weighted by Crippen LogP contribution is 2.31. The molecule has 0 aromatic heterocycles. The average Bonchev–Trinajstić information content (AvgIpc) is 2.98. The van der Waals surface area contributed by atoms with Gasteiger partial charge in [0.15, 0.2) is 11.5 Å². The van der Waals surface area contributed by atoms with E-state index in [0.29, 0.717) is 28.5 Å². The molecule has 0 saturated heterocycles. The second-order valence-electron chi connectivity index (χ2n) is 11.3. The number of carboxylic acids is 2. The summed E-state index contributed by atoms with van der Waals surface area (Å²) in [6.07, 6.45) is 8.01. The Bertz CT molecular complexity index is 1200.